The van der Waals surface area contributed by atoms with Gasteiger partial charge in [-0.3, -0.25) is 14.9 Å². The van der Waals surface area contributed by atoms with Crippen molar-refractivity contribution in [3.05, 3.63) is 63.2 Å². The van der Waals surface area contributed by atoms with E-state index in [2.05, 4.69) is 5.32 Å². The second-order valence-electron chi connectivity index (χ2n) is 5.82. The van der Waals surface area contributed by atoms with Crippen molar-refractivity contribution in [1.82, 2.24) is 0 Å². The van der Waals surface area contributed by atoms with Gasteiger partial charge in [-0.2, -0.15) is 0 Å². The van der Waals surface area contributed by atoms with E-state index in [1.165, 1.54) is 12.1 Å². The lowest BCUT2D eigenvalue weighted by atomic mass is 10.1. The van der Waals surface area contributed by atoms with Crippen molar-refractivity contribution in [2.24, 2.45) is 0 Å². The molecule has 0 aliphatic heterocycles. The molecular weight excluding hydrogens is 352 g/mol. The minimum Gasteiger partial charge on any atom is -0.487 e. The van der Waals surface area contributed by atoms with Crippen LogP contribution in [-0.4, -0.2) is 30.0 Å². The molecule has 2 aromatic rings. The van der Waals surface area contributed by atoms with Crippen molar-refractivity contribution in [1.29, 1.82) is 0 Å². The average Bonchev–Trinajstić information content (AvgIpc) is 2.62. The van der Waals surface area contributed by atoms with Crippen LogP contribution in [-0.2, 0) is 9.53 Å². The van der Waals surface area contributed by atoms with Gasteiger partial charge in [0.15, 0.2) is 12.4 Å². The number of rotatable bonds is 7. The number of nitro benzene ring substituents is 1. The highest BCUT2D eigenvalue weighted by Crippen LogP contribution is 2.28. The Morgan fingerprint density at radius 1 is 1.15 bits per heavy atom. The Morgan fingerprint density at radius 3 is 2.52 bits per heavy atom. The maximum atomic E-state index is 12.1. The lowest BCUT2D eigenvalue weighted by molar-refractivity contribution is -0.385. The number of benzene rings is 2. The molecule has 2 aromatic carbocycles. The number of nitro groups is 1. The van der Waals surface area contributed by atoms with Crippen molar-refractivity contribution in [2.75, 3.05) is 18.5 Å². The van der Waals surface area contributed by atoms with Gasteiger partial charge in [-0.1, -0.05) is 17.7 Å². The third-order valence-electron chi connectivity index (χ3n) is 3.68. The normalized spacial score (nSPS) is 10.2. The molecule has 142 valence electrons. The first-order chi connectivity index (χ1) is 12.8. The number of carbonyl (C=O) groups excluding carboxylic acids is 2. The molecule has 0 spiro atoms. The summed E-state index contributed by atoms with van der Waals surface area (Å²) in [5, 5.41) is 13.8. The molecule has 0 atom stereocenters. The monoisotopic (exact) mass is 372 g/mol. The van der Waals surface area contributed by atoms with E-state index in [1.807, 2.05) is 26.0 Å². The van der Waals surface area contributed by atoms with Gasteiger partial charge in [0.25, 0.3) is 5.91 Å². The molecule has 0 unspecified atom stereocenters. The van der Waals surface area contributed by atoms with Crippen molar-refractivity contribution in [2.45, 2.75) is 20.8 Å². The van der Waals surface area contributed by atoms with Crippen LogP contribution in [0.15, 0.2) is 36.4 Å². The molecule has 0 aromatic heterocycles. The van der Waals surface area contributed by atoms with Gasteiger partial charge in [-0.05, 0) is 44.5 Å². The average molecular weight is 372 g/mol. The highest BCUT2D eigenvalue weighted by Gasteiger charge is 2.20. The summed E-state index contributed by atoms with van der Waals surface area (Å²) in [6.45, 7) is 5.24. The van der Waals surface area contributed by atoms with Crippen LogP contribution in [0.5, 0.6) is 5.75 Å². The van der Waals surface area contributed by atoms with E-state index in [4.69, 9.17) is 9.47 Å². The van der Waals surface area contributed by atoms with Crippen LogP contribution in [0.1, 0.15) is 28.4 Å². The Kier molecular flexibility index (Phi) is 6.48. The van der Waals surface area contributed by atoms with Gasteiger partial charge in [0, 0.05) is 11.8 Å². The lowest BCUT2D eigenvalue weighted by Crippen LogP contribution is -2.21. The molecule has 2 rings (SSSR count). The van der Waals surface area contributed by atoms with E-state index >= 15 is 0 Å². The number of nitrogens with zero attached hydrogens (tertiary/aromatic N) is 1. The predicted octanol–water partition coefficient (Wildman–Crippen LogP) is 3.41. The maximum absolute atomic E-state index is 12.1. The fraction of sp³-hybridized carbons (Fsp3) is 0.263. The van der Waals surface area contributed by atoms with Crippen LogP contribution < -0.4 is 10.1 Å². The minimum atomic E-state index is -0.836. The number of nitrogens with one attached hydrogen (secondary N) is 1. The zero-order valence-corrected chi connectivity index (χ0v) is 15.3. The topological polar surface area (TPSA) is 108 Å². The predicted molar refractivity (Wildman–Crippen MR) is 99.1 cm³/mol. The number of anilines is 1. The number of carbonyl (C=O) groups is 2. The Labute approximate surface area is 156 Å². The van der Waals surface area contributed by atoms with Crippen LogP contribution in [0.2, 0.25) is 0 Å². The van der Waals surface area contributed by atoms with Gasteiger partial charge in [-0.25, -0.2) is 4.79 Å². The van der Waals surface area contributed by atoms with Gasteiger partial charge < -0.3 is 14.8 Å². The molecule has 1 amide bonds. The van der Waals surface area contributed by atoms with Gasteiger partial charge in [0.2, 0.25) is 0 Å². The van der Waals surface area contributed by atoms with E-state index in [-0.39, 0.29) is 23.6 Å². The molecule has 27 heavy (non-hydrogen) atoms. The summed E-state index contributed by atoms with van der Waals surface area (Å²) in [4.78, 5) is 34.5. The van der Waals surface area contributed by atoms with Crippen LogP contribution in [0.3, 0.4) is 0 Å². The second kappa shape index (κ2) is 8.79. The number of hydrogen-bond donors (Lipinski definition) is 1. The number of aryl methyl sites for hydroxylation is 2. The minimum absolute atomic E-state index is 0.0375. The summed E-state index contributed by atoms with van der Waals surface area (Å²) < 4.78 is 10.1. The van der Waals surface area contributed by atoms with Crippen molar-refractivity contribution < 1.29 is 24.0 Å². The van der Waals surface area contributed by atoms with Crippen molar-refractivity contribution in [3.63, 3.8) is 0 Å². The largest absolute Gasteiger partial charge is 0.487 e. The van der Waals surface area contributed by atoms with Crippen LogP contribution in [0, 0.1) is 24.0 Å². The third-order valence-corrected chi connectivity index (χ3v) is 3.68. The Morgan fingerprint density at radius 2 is 1.89 bits per heavy atom. The smallest absolute Gasteiger partial charge is 0.338 e. The van der Waals surface area contributed by atoms with Crippen LogP contribution in [0.4, 0.5) is 11.4 Å². The molecule has 1 N–H and O–H groups in total. The molecule has 0 saturated carbocycles. The zero-order valence-electron chi connectivity index (χ0n) is 15.3. The van der Waals surface area contributed by atoms with Gasteiger partial charge >= 0.3 is 11.7 Å². The first-order valence-electron chi connectivity index (χ1n) is 8.27. The number of ether oxygens (including phenoxy) is 2. The summed E-state index contributed by atoms with van der Waals surface area (Å²) in [7, 11) is 0. The van der Waals surface area contributed by atoms with Crippen molar-refractivity contribution in [3.8, 4) is 5.75 Å². The van der Waals surface area contributed by atoms with E-state index in [9.17, 15) is 19.7 Å². The summed E-state index contributed by atoms with van der Waals surface area (Å²) in [5.74, 6) is -1.28. The second-order valence-corrected chi connectivity index (χ2v) is 5.82. The van der Waals surface area contributed by atoms with Gasteiger partial charge in [-0.15, -0.1) is 0 Å². The molecule has 0 radical (unpaired) electrons. The molecule has 0 bridgehead atoms. The molecule has 0 fully saturated rings. The first-order valence-corrected chi connectivity index (χ1v) is 8.27. The molecule has 0 aliphatic rings. The Hall–Kier alpha value is -3.42. The SMILES string of the molecule is CCOc1ccc(C(=O)OCC(=O)Nc2ccc(C)cc2C)cc1[N+](=O)[O-]. The number of hydrogen-bond acceptors (Lipinski definition) is 6. The summed E-state index contributed by atoms with van der Waals surface area (Å²) in [6, 6.07) is 9.28. The van der Waals surface area contributed by atoms with E-state index in [0.717, 1.165) is 17.2 Å². The maximum Gasteiger partial charge on any atom is 0.338 e. The van der Waals surface area contributed by atoms with E-state index in [0.29, 0.717) is 5.69 Å². The molecular formula is C19H20N2O6. The highest BCUT2D eigenvalue weighted by molar-refractivity contribution is 5.96. The summed E-state index contributed by atoms with van der Waals surface area (Å²) >= 11 is 0. The number of esters is 1. The fourth-order valence-corrected chi connectivity index (χ4v) is 2.42. The lowest BCUT2D eigenvalue weighted by Gasteiger charge is -2.10. The molecule has 8 heteroatoms. The van der Waals surface area contributed by atoms with E-state index in [1.54, 1.807) is 13.0 Å². The standard InChI is InChI=1S/C19H20N2O6/c1-4-26-17-8-6-14(10-16(17)21(24)25)19(23)27-11-18(22)20-15-7-5-12(2)9-13(15)3/h5-10H,4,11H2,1-3H3,(H,20,22). The molecule has 0 saturated heterocycles. The van der Waals surface area contributed by atoms with E-state index < -0.39 is 23.4 Å². The summed E-state index contributed by atoms with van der Waals surface area (Å²) in [6.07, 6.45) is 0. The molecule has 0 heterocycles. The molecule has 8 nitrogen and oxygen atoms in total. The van der Waals surface area contributed by atoms with Gasteiger partial charge in [0.1, 0.15) is 0 Å². The third kappa shape index (κ3) is 5.27. The van der Waals surface area contributed by atoms with Crippen molar-refractivity contribution >= 4 is 23.3 Å². The Balaban J connectivity index is 2.01. The van der Waals surface area contributed by atoms with Crippen LogP contribution in [0.25, 0.3) is 0 Å². The summed E-state index contributed by atoms with van der Waals surface area (Å²) in [5.41, 5.74) is 2.19. The highest BCUT2D eigenvalue weighted by atomic mass is 16.6. The van der Waals surface area contributed by atoms with Crippen LogP contribution >= 0.6 is 0 Å². The number of amides is 1. The Bertz CT molecular complexity index is 878. The zero-order chi connectivity index (χ0) is 20.0. The quantitative estimate of drug-likeness (QED) is 0.453. The molecule has 0 aliphatic carbocycles. The first kappa shape index (κ1) is 19.9. The fourth-order valence-electron chi connectivity index (χ4n) is 2.42. The van der Waals surface area contributed by atoms with Gasteiger partial charge in [0.05, 0.1) is 17.1 Å².